The molecule has 1 aliphatic rings. The van der Waals surface area contributed by atoms with E-state index in [0.717, 1.165) is 0 Å². The first-order valence-corrected chi connectivity index (χ1v) is 4.20. The second-order valence-corrected chi connectivity index (χ2v) is 2.83. The molecule has 5 heteroatoms. The van der Waals surface area contributed by atoms with Gasteiger partial charge in [-0.3, -0.25) is 0 Å². The first-order chi connectivity index (χ1) is 6.77. The van der Waals surface area contributed by atoms with Crippen LogP contribution in [0.15, 0.2) is 16.7 Å². The molecule has 74 valence electrons. The van der Waals surface area contributed by atoms with Crippen molar-refractivity contribution in [2.45, 2.75) is 6.42 Å². The van der Waals surface area contributed by atoms with Gasteiger partial charge in [-0.1, -0.05) is 0 Å². The molecule has 0 radical (unpaired) electrons. The van der Waals surface area contributed by atoms with Crippen LogP contribution in [-0.4, -0.2) is 25.2 Å². The first kappa shape index (κ1) is 8.80. The molecule has 0 N–H and O–H groups in total. The van der Waals surface area contributed by atoms with E-state index in [4.69, 9.17) is 13.9 Å². The predicted octanol–water partition coefficient (Wildman–Crippen LogP) is 0.997. The topological polar surface area (TPSA) is 65.7 Å². The van der Waals surface area contributed by atoms with Crippen molar-refractivity contribution in [3.8, 4) is 0 Å². The van der Waals surface area contributed by atoms with Crippen LogP contribution in [-0.2, 0) is 9.47 Å². The number of hydrogen-bond acceptors (Lipinski definition) is 5. The van der Waals surface area contributed by atoms with Crippen LogP contribution in [0.25, 0.3) is 0 Å². The molecule has 0 spiro atoms. The fraction of sp³-hybridized carbons (Fsp3) is 0.333. The number of ether oxygens (including phenoxy) is 2. The van der Waals surface area contributed by atoms with Crippen molar-refractivity contribution in [2.75, 3.05) is 13.2 Å². The zero-order chi connectivity index (χ0) is 9.97. The third-order valence-corrected chi connectivity index (χ3v) is 1.79. The summed E-state index contributed by atoms with van der Waals surface area (Å²) in [5.74, 6) is -1.00. The summed E-state index contributed by atoms with van der Waals surface area (Å²) < 4.78 is 14.5. The molecule has 0 aromatic carbocycles. The molecular formula is C9H8O5. The van der Waals surface area contributed by atoms with Gasteiger partial charge < -0.3 is 13.9 Å². The van der Waals surface area contributed by atoms with E-state index in [1.807, 2.05) is 0 Å². The minimum absolute atomic E-state index is 0.0267. The SMILES string of the molecule is O=C1OCCCOC(=O)c2cc1co2. The van der Waals surface area contributed by atoms with Crippen molar-refractivity contribution in [3.63, 3.8) is 0 Å². The van der Waals surface area contributed by atoms with Crippen LogP contribution in [0, 0.1) is 0 Å². The van der Waals surface area contributed by atoms with Crippen molar-refractivity contribution in [3.05, 3.63) is 23.7 Å². The number of rotatable bonds is 0. The molecule has 1 aromatic rings. The minimum atomic E-state index is -0.550. The zero-order valence-electron chi connectivity index (χ0n) is 7.32. The van der Waals surface area contributed by atoms with Gasteiger partial charge in [0.25, 0.3) is 0 Å². The van der Waals surface area contributed by atoms with Gasteiger partial charge in [-0.15, -0.1) is 0 Å². The second-order valence-electron chi connectivity index (χ2n) is 2.83. The Bertz CT molecular complexity index is 333. The van der Waals surface area contributed by atoms with Crippen molar-refractivity contribution in [1.29, 1.82) is 0 Å². The molecular weight excluding hydrogens is 188 g/mol. The van der Waals surface area contributed by atoms with Gasteiger partial charge in [0.15, 0.2) is 0 Å². The third kappa shape index (κ3) is 1.61. The fourth-order valence-corrected chi connectivity index (χ4v) is 1.09. The minimum Gasteiger partial charge on any atom is -0.462 e. The van der Waals surface area contributed by atoms with E-state index in [2.05, 4.69) is 0 Å². The monoisotopic (exact) mass is 196 g/mol. The quantitative estimate of drug-likeness (QED) is 0.579. The Balaban J connectivity index is 2.29. The number of cyclic esters (lactones) is 2. The van der Waals surface area contributed by atoms with Gasteiger partial charge in [0.2, 0.25) is 5.76 Å². The van der Waals surface area contributed by atoms with E-state index in [-0.39, 0.29) is 24.5 Å². The number of carbonyl (C=O) groups excluding carboxylic acids is 2. The summed E-state index contributed by atoms with van der Waals surface area (Å²) in [5, 5.41) is 0. The fourth-order valence-electron chi connectivity index (χ4n) is 1.09. The molecule has 2 rings (SSSR count). The van der Waals surface area contributed by atoms with Crippen molar-refractivity contribution in [1.82, 2.24) is 0 Å². The molecule has 0 fully saturated rings. The van der Waals surface area contributed by atoms with Gasteiger partial charge in [0, 0.05) is 12.5 Å². The summed E-state index contributed by atoms with van der Waals surface area (Å²) >= 11 is 0. The number of furan rings is 1. The standard InChI is InChI=1S/C9H8O5/c10-8-6-4-7(14-5-6)9(11)13-3-1-2-12-8/h4-5H,1-3H2. The normalized spacial score (nSPS) is 17.1. The van der Waals surface area contributed by atoms with Crippen molar-refractivity contribution in [2.24, 2.45) is 0 Å². The van der Waals surface area contributed by atoms with Crippen LogP contribution in [0.2, 0.25) is 0 Å². The molecule has 0 atom stereocenters. The summed E-state index contributed by atoms with van der Waals surface area (Å²) in [6, 6.07) is 1.32. The lowest BCUT2D eigenvalue weighted by Gasteiger charge is -2.05. The summed E-state index contributed by atoms with van der Waals surface area (Å²) in [6.45, 7) is 0.467. The molecule has 14 heavy (non-hydrogen) atoms. The van der Waals surface area contributed by atoms with Gasteiger partial charge in [0.05, 0.1) is 18.8 Å². The van der Waals surface area contributed by atoms with Crippen LogP contribution < -0.4 is 0 Å². The average molecular weight is 196 g/mol. The highest BCUT2D eigenvalue weighted by molar-refractivity contribution is 5.93. The van der Waals surface area contributed by atoms with Crippen LogP contribution in [0.1, 0.15) is 27.3 Å². The van der Waals surface area contributed by atoms with E-state index in [1.165, 1.54) is 12.3 Å². The van der Waals surface area contributed by atoms with Crippen LogP contribution in [0.4, 0.5) is 0 Å². The van der Waals surface area contributed by atoms with Crippen LogP contribution >= 0.6 is 0 Å². The zero-order valence-corrected chi connectivity index (χ0v) is 7.32. The third-order valence-electron chi connectivity index (χ3n) is 1.79. The van der Waals surface area contributed by atoms with Gasteiger partial charge in [0.1, 0.15) is 6.26 Å². The summed E-state index contributed by atoms with van der Waals surface area (Å²) in [6.07, 6.45) is 1.68. The van der Waals surface area contributed by atoms with E-state index < -0.39 is 11.9 Å². The van der Waals surface area contributed by atoms with E-state index in [0.29, 0.717) is 6.42 Å². The number of hydrogen-bond donors (Lipinski definition) is 0. The van der Waals surface area contributed by atoms with E-state index >= 15 is 0 Å². The summed E-state index contributed by atoms with van der Waals surface area (Å²) in [7, 11) is 0. The highest BCUT2D eigenvalue weighted by atomic mass is 16.6. The molecule has 2 bridgehead atoms. The number of carbonyl (C=O) groups is 2. The molecule has 0 saturated heterocycles. The number of fused-ring (bicyclic) bond motifs is 2. The maximum Gasteiger partial charge on any atom is 0.374 e. The molecule has 5 nitrogen and oxygen atoms in total. The maximum atomic E-state index is 11.2. The molecule has 0 unspecified atom stereocenters. The van der Waals surface area contributed by atoms with Crippen LogP contribution in [0.3, 0.4) is 0 Å². The lowest BCUT2D eigenvalue weighted by atomic mass is 10.3. The molecule has 1 aliphatic heterocycles. The second kappa shape index (κ2) is 3.53. The Morgan fingerprint density at radius 1 is 1.07 bits per heavy atom. The Kier molecular flexibility index (Phi) is 2.22. The predicted molar refractivity (Wildman–Crippen MR) is 43.9 cm³/mol. The molecule has 0 saturated carbocycles. The van der Waals surface area contributed by atoms with E-state index in [9.17, 15) is 9.59 Å². The van der Waals surface area contributed by atoms with Crippen molar-refractivity contribution >= 4 is 11.9 Å². The Morgan fingerprint density at radius 2 is 1.79 bits per heavy atom. The van der Waals surface area contributed by atoms with Crippen molar-refractivity contribution < 1.29 is 23.5 Å². The lowest BCUT2D eigenvalue weighted by molar-refractivity contribution is 0.0375. The van der Waals surface area contributed by atoms with Gasteiger partial charge in [-0.25, -0.2) is 9.59 Å². The Hall–Kier alpha value is -1.78. The van der Waals surface area contributed by atoms with Gasteiger partial charge in [-0.2, -0.15) is 0 Å². The smallest absolute Gasteiger partial charge is 0.374 e. The molecule has 0 amide bonds. The first-order valence-electron chi connectivity index (χ1n) is 4.20. The summed E-state index contributed by atoms with van der Waals surface area (Å²) in [4.78, 5) is 22.4. The maximum absolute atomic E-state index is 11.2. The number of esters is 2. The highest BCUT2D eigenvalue weighted by Gasteiger charge is 2.18. The summed E-state index contributed by atoms with van der Waals surface area (Å²) in [5.41, 5.74) is 0.235. The Morgan fingerprint density at radius 3 is 2.57 bits per heavy atom. The molecule has 0 aliphatic carbocycles. The lowest BCUT2D eigenvalue weighted by Crippen LogP contribution is -2.12. The van der Waals surface area contributed by atoms with Gasteiger partial charge >= 0.3 is 11.9 Å². The molecule has 2 heterocycles. The van der Waals surface area contributed by atoms with E-state index in [1.54, 1.807) is 0 Å². The molecule has 1 aromatic heterocycles. The van der Waals surface area contributed by atoms with Gasteiger partial charge in [-0.05, 0) is 0 Å². The largest absolute Gasteiger partial charge is 0.462 e. The highest BCUT2D eigenvalue weighted by Crippen LogP contribution is 2.12. The Labute approximate surface area is 79.6 Å². The van der Waals surface area contributed by atoms with Crippen LogP contribution in [0.5, 0.6) is 0 Å². The average Bonchev–Trinajstić information content (AvgIpc) is 2.64.